The highest BCUT2D eigenvalue weighted by atomic mass is 19.1. The van der Waals surface area contributed by atoms with Crippen molar-refractivity contribution in [3.05, 3.63) is 53.2 Å². The molecule has 0 radical (unpaired) electrons. The summed E-state index contributed by atoms with van der Waals surface area (Å²) >= 11 is 0. The van der Waals surface area contributed by atoms with E-state index in [1.54, 1.807) is 23.7 Å². The van der Waals surface area contributed by atoms with E-state index in [-0.39, 0.29) is 29.7 Å². The summed E-state index contributed by atoms with van der Waals surface area (Å²) in [4.78, 5) is 15.1. The number of nitrogens with zero attached hydrogens (tertiary/aromatic N) is 4. The van der Waals surface area contributed by atoms with Crippen LogP contribution in [0.25, 0.3) is 5.65 Å². The van der Waals surface area contributed by atoms with E-state index in [1.807, 2.05) is 35.8 Å². The van der Waals surface area contributed by atoms with Crippen molar-refractivity contribution in [2.75, 3.05) is 13.1 Å². The van der Waals surface area contributed by atoms with Crippen molar-refractivity contribution in [1.82, 2.24) is 19.1 Å². The number of hydrogen-bond donors (Lipinski definition) is 1. The Bertz CT molecular complexity index is 1150. The van der Waals surface area contributed by atoms with Crippen LogP contribution >= 0.6 is 0 Å². The summed E-state index contributed by atoms with van der Waals surface area (Å²) in [5.74, 6) is 0.834. The predicted molar refractivity (Wildman–Crippen MR) is 113 cm³/mol. The number of rotatable bonds is 3. The number of likely N-dealkylation sites (tertiary alicyclic amines) is 1. The fraction of sp³-hybridized carbons (Fsp3) is 0.478. The molecular weight excluding hydrogens is 399 g/mol. The van der Waals surface area contributed by atoms with Crippen molar-refractivity contribution in [2.45, 2.75) is 38.9 Å². The van der Waals surface area contributed by atoms with E-state index in [1.165, 1.54) is 6.07 Å². The summed E-state index contributed by atoms with van der Waals surface area (Å²) in [7, 11) is 1.90. The number of aryl methyl sites for hydroxylation is 1. The number of hydrogen-bond acceptors (Lipinski definition) is 4. The Labute approximate surface area is 180 Å². The largest absolute Gasteiger partial charge is 0.487 e. The Balaban J connectivity index is 1.31. The molecule has 2 aromatic heterocycles. The van der Waals surface area contributed by atoms with Gasteiger partial charge in [0, 0.05) is 32.5 Å². The van der Waals surface area contributed by atoms with Gasteiger partial charge in [-0.3, -0.25) is 4.79 Å². The normalized spacial score (nSPS) is 25.8. The second-order valence-electron chi connectivity index (χ2n) is 8.96. The van der Waals surface area contributed by atoms with Gasteiger partial charge in [-0.05, 0) is 61.8 Å². The summed E-state index contributed by atoms with van der Waals surface area (Å²) in [5.41, 5.74) is 2.69. The molecule has 3 heterocycles. The maximum absolute atomic E-state index is 13.8. The van der Waals surface area contributed by atoms with E-state index in [9.17, 15) is 14.3 Å². The fourth-order valence-electron chi connectivity index (χ4n) is 5.11. The maximum Gasteiger partial charge on any atom is 0.259 e. The van der Waals surface area contributed by atoms with Crippen LogP contribution in [0.15, 0.2) is 30.7 Å². The number of amides is 1. The summed E-state index contributed by atoms with van der Waals surface area (Å²) in [5, 5.41) is 15.0. The summed E-state index contributed by atoms with van der Waals surface area (Å²) < 4.78 is 23.5. The van der Waals surface area contributed by atoms with Gasteiger partial charge in [0.05, 0.1) is 12.3 Å². The number of imidazole rings is 1. The van der Waals surface area contributed by atoms with E-state index >= 15 is 0 Å². The Morgan fingerprint density at radius 1 is 1.16 bits per heavy atom. The molecule has 2 fully saturated rings. The molecular formula is C23H27FN4O3. The van der Waals surface area contributed by atoms with Gasteiger partial charge in [0.2, 0.25) is 0 Å². The molecule has 1 aliphatic heterocycles. The molecule has 0 spiro atoms. The molecule has 5 rings (SSSR count). The molecule has 2 aliphatic rings. The first kappa shape index (κ1) is 20.1. The molecule has 1 saturated heterocycles. The van der Waals surface area contributed by atoms with Gasteiger partial charge in [0.1, 0.15) is 28.9 Å². The number of aliphatic hydroxyl groups is 1. The van der Waals surface area contributed by atoms with E-state index in [0.717, 1.165) is 11.2 Å². The number of aliphatic hydroxyl groups excluding tert-OH is 1. The lowest BCUT2D eigenvalue weighted by molar-refractivity contribution is -0.0234. The molecule has 0 bridgehead atoms. The van der Waals surface area contributed by atoms with Crippen LogP contribution in [0.3, 0.4) is 0 Å². The number of benzene rings is 1. The fourth-order valence-corrected chi connectivity index (χ4v) is 5.11. The molecule has 31 heavy (non-hydrogen) atoms. The number of ether oxygens (including phenoxy) is 1. The molecule has 1 saturated carbocycles. The lowest BCUT2D eigenvalue weighted by Gasteiger charge is -2.35. The highest BCUT2D eigenvalue weighted by molar-refractivity contribution is 6.00. The van der Waals surface area contributed by atoms with Crippen LogP contribution in [-0.2, 0) is 7.05 Å². The van der Waals surface area contributed by atoms with Gasteiger partial charge in [-0.2, -0.15) is 5.10 Å². The van der Waals surface area contributed by atoms with Crippen molar-refractivity contribution in [2.24, 2.45) is 18.9 Å². The van der Waals surface area contributed by atoms with Gasteiger partial charge in [-0.1, -0.05) is 0 Å². The minimum atomic E-state index is -0.614. The van der Waals surface area contributed by atoms with Crippen molar-refractivity contribution >= 4 is 11.6 Å². The molecule has 7 nitrogen and oxygen atoms in total. The average molecular weight is 426 g/mol. The van der Waals surface area contributed by atoms with Crippen LogP contribution in [-0.4, -0.2) is 55.4 Å². The van der Waals surface area contributed by atoms with Gasteiger partial charge in [-0.15, -0.1) is 0 Å². The molecule has 1 N–H and O–H groups in total. The van der Waals surface area contributed by atoms with Crippen LogP contribution in [0, 0.1) is 31.5 Å². The number of carbonyl (C=O) groups excluding carboxylic acids is 1. The van der Waals surface area contributed by atoms with Gasteiger partial charge < -0.3 is 19.3 Å². The third-order valence-electron chi connectivity index (χ3n) is 7.09. The predicted octanol–water partition coefficient (Wildman–Crippen LogP) is 2.72. The second-order valence-corrected chi connectivity index (χ2v) is 8.96. The Morgan fingerprint density at radius 3 is 2.68 bits per heavy atom. The van der Waals surface area contributed by atoms with Gasteiger partial charge in [0.25, 0.3) is 5.91 Å². The van der Waals surface area contributed by atoms with Crippen molar-refractivity contribution < 1.29 is 19.0 Å². The van der Waals surface area contributed by atoms with Gasteiger partial charge in [-0.25, -0.2) is 8.91 Å². The number of aromatic nitrogens is 3. The van der Waals surface area contributed by atoms with E-state index in [2.05, 4.69) is 5.10 Å². The Morgan fingerprint density at radius 2 is 1.90 bits per heavy atom. The molecule has 3 aromatic rings. The Kier molecular flexibility index (Phi) is 4.77. The van der Waals surface area contributed by atoms with E-state index < -0.39 is 6.10 Å². The zero-order valence-corrected chi connectivity index (χ0v) is 18.0. The van der Waals surface area contributed by atoms with Crippen LogP contribution in [0.4, 0.5) is 4.39 Å². The first-order chi connectivity index (χ1) is 14.8. The molecule has 8 heteroatoms. The monoisotopic (exact) mass is 426 g/mol. The second kappa shape index (κ2) is 7.37. The highest BCUT2D eigenvalue weighted by Crippen LogP contribution is 2.39. The van der Waals surface area contributed by atoms with Crippen molar-refractivity contribution in [3.63, 3.8) is 0 Å². The quantitative estimate of drug-likeness (QED) is 0.699. The van der Waals surface area contributed by atoms with E-state index in [4.69, 9.17) is 4.74 Å². The minimum absolute atomic E-state index is 0.0249. The Hall–Kier alpha value is -2.87. The molecule has 1 aromatic carbocycles. The maximum atomic E-state index is 13.8. The van der Waals surface area contributed by atoms with Crippen molar-refractivity contribution in [3.8, 4) is 5.75 Å². The lowest BCUT2D eigenvalue weighted by atomic mass is 9.78. The summed E-state index contributed by atoms with van der Waals surface area (Å²) in [6.07, 6.45) is 5.60. The smallest absolute Gasteiger partial charge is 0.259 e. The van der Waals surface area contributed by atoms with Crippen LogP contribution in [0.1, 0.15) is 34.3 Å². The molecule has 4 atom stereocenters. The third-order valence-corrected chi connectivity index (χ3v) is 7.09. The first-order valence-electron chi connectivity index (χ1n) is 10.7. The zero-order chi connectivity index (χ0) is 21.9. The van der Waals surface area contributed by atoms with E-state index in [0.29, 0.717) is 42.8 Å². The minimum Gasteiger partial charge on any atom is -0.487 e. The van der Waals surface area contributed by atoms with Crippen LogP contribution in [0.5, 0.6) is 5.75 Å². The van der Waals surface area contributed by atoms with Gasteiger partial charge in [0.15, 0.2) is 0 Å². The standard InChI is InChI=1S/C23H27FN4O3/c1-13-14(2)20(5-4-18(13)24)31-21-9-16-12-27(11-15(16)8-19(21)29)23(30)17-10-25-28-7-6-26(3)22(17)28/h4-7,10,15-16,19,21,29H,8-9,11-12H2,1-3H3/t15-,16+,19+,21+/m0/s1. The lowest BCUT2D eigenvalue weighted by Crippen LogP contribution is -2.42. The molecule has 164 valence electrons. The number of carbonyl (C=O) groups is 1. The van der Waals surface area contributed by atoms with Crippen molar-refractivity contribution in [1.29, 1.82) is 0 Å². The molecule has 0 unspecified atom stereocenters. The summed E-state index contributed by atoms with van der Waals surface area (Å²) in [6, 6.07) is 3.04. The number of halogens is 1. The van der Waals surface area contributed by atoms with Gasteiger partial charge >= 0.3 is 0 Å². The topological polar surface area (TPSA) is 72.0 Å². The average Bonchev–Trinajstić information content (AvgIpc) is 3.44. The zero-order valence-electron chi connectivity index (χ0n) is 18.0. The highest BCUT2D eigenvalue weighted by Gasteiger charge is 2.44. The summed E-state index contributed by atoms with van der Waals surface area (Å²) in [6.45, 7) is 4.83. The van der Waals surface area contributed by atoms with Crippen LogP contribution in [0.2, 0.25) is 0 Å². The number of fused-ring (bicyclic) bond motifs is 2. The van der Waals surface area contributed by atoms with Crippen LogP contribution < -0.4 is 4.74 Å². The SMILES string of the molecule is Cc1c(F)ccc(O[C@@H]2C[C@@H]3CN(C(=O)c4cnn5ccn(C)c45)C[C@@H]3C[C@H]2O)c1C. The first-order valence-corrected chi connectivity index (χ1v) is 10.7. The molecule has 1 aliphatic carbocycles. The molecule has 1 amide bonds. The third kappa shape index (κ3) is 3.29.